The molecule has 0 bridgehead atoms. The van der Waals surface area contributed by atoms with Crippen molar-refractivity contribution in [3.8, 4) is 11.5 Å². The highest BCUT2D eigenvalue weighted by Gasteiger charge is 2.15. The summed E-state index contributed by atoms with van der Waals surface area (Å²) in [6.07, 6.45) is 1.55. The zero-order valence-corrected chi connectivity index (χ0v) is 17.5. The van der Waals surface area contributed by atoms with Crippen LogP contribution in [-0.4, -0.2) is 43.3 Å². The summed E-state index contributed by atoms with van der Waals surface area (Å²) in [5, 5.41) is 14.2. The molecule has 160 valence electrons. The van der Waals surface area contributed by atoms with Crippen molar-refractivity contribution in [3.63, 3.8) is 0 Å². The van der Waals surface area contributed by atoms with Crippen LogP contribution in [0, 0.1) is 6.92 Å². The van der Waals surface area contributed by atoms with E-state index < -0.39 is 11.8 Å². The van der Waals surface area contributed by atoms with Crippen molar-refractivity contribution >= 4 is 17.9 Å². The third kappa shape index (κ3) is 6.63. The molecule has 30 heavy (non-hydrogen) atoms. The SMILES string of the molecule is CCOc1ccc(/C=C(/NC(=O)c2ccc(C)cc2)C(=O)NCCO)cc1OCC. The number of aryl methyl sites for hydroxylation is 1. The first kappa shape index (κ1) is 23.0. The molecule has 2 amide bonds. The fourth-order valence-electron chi connectivity index (χ4n) is 2.65. The lowest BCUT2D eigenvalue weighted by molar-refractivity contribution is -0.117. The Kier molecular flexibility index (Phi) is 8.90. The van der Waals surface area contributed by atoms with E-state index in [1.165, 1.54) is 0 Å². The lowest BCUT2D eigenvalue weighted by Gasteiger charge is -2.13. The summed E-state index contributed by atoms with van der Waals surface area (Å²) in [7, 11) is 0. The van der Waals surface area contributed by atoms with Gasteiger partial charge in [0.05, 0.1) is 19.8 Å². The number of aliphatic hydroxyl groups excluding tert-OH is 1. The topological polar surface area (TPSA) is 96.9 Å². The van der Waals surface area contributed by atoms with E-state index in [-0.39, 0.29) is 18.8 Å². The maximum Gasteiger partial charge on any atom is 0.267 e. The molecule has 2 aromatic rings. The van der Waals surface area contributed by atoms with Crippen LogP contribution in [0.4, 0.5) is 0 Å². The highest BCUT2D eigenvalue weighted by molar-refractivity contribution is 6.05. The Balaban J connectivity index is 2.34. The predicted molar refractivity (Wildman–Crippen MR) is 115 cm³/mol. The fraction of sp³-hybridized carbons (Fsp3) is 0.304. The van der Waals surface area contributed by atoms with Gasteiger partial charge in [0.2, 0.25) is 0 Å². The summed E-state index contributed by atoms with van der Waals surface area (Å²) in [6, 6.07) is 12.3. The van der Waals surface area contributed by atoms with Crippen LogP contribution in [0.3, 0.4) is 0 Å². The highest BCUT2D eigenvalue weighted by atomic mass is 16.5. The Morgan fingerprint density at radius 2 is 1.67 bits per heavy atom. The fourth-order valence-corrected chi connectivity index (χ4v) is 2.65. The Morgan fingerprint density at radius 3 is 2.30 bits per heavy atom. The summed E-state index contributed by atoms with van der Waals surface area (Å²) in [5.41, 5.74) is 2.17. The van der Waals surface area contributed by atoms with E-state index in [1.807, 2.05) is 32.9 Å². The molecule has 0 saturated heterocycles. The molecule has 0 fully saturated rings. The van der Waals surface area contributed by atoms with Gasteiger partial charge in [-0.15, -0.1) is 0 Å². The normalized spacial score (nSPS) is 11.0. The van der Waals surface area contributed by atoms with Crippen molar-refractivity contribution in [2.24, 2.45) is 0 Å². The average Bonchev–Trinajstić information content (AvgIpc) is 2.74. The van der Waals surface area contributed by atoms with Crippen LogP contribution >= 0.6 is 0 Å². The molecule has 0 aliphatic carbocycles. The van der Waals surface area contributed by atoms with Gasteiger partial charge in [-0.3, -0.25) is 9.59 Å². The first-order chi connectivity index (χ1) is 14.5. The van der Waals surface area contributed by atoms with Crippen molar-refractivity contribution < 1.29 is 24.2 Å². The molecule has 2 aromatic carbocycles. The minimum absolute atomic E-state index is 0.0561. The Labute approximate surface area is 176 Å². The molecule has 2 rings (SSSR count). The smallest absolute Gasteiger partial charge is 0.267 e. The number of carbonyl (C=O) groups is 2. The lowest BCUT2D eigenvalue weighted by atomic mass is 10.1. The lowest BCUT2D eigenvalue weighted by Crippen LogP contribution is -2.36. The van der Waals surface area contributed by atoms with Gasteiger partial charge in [0.15, 0.2) is 11.5 Å². The Morgan fingerprint density at radius 1 is 1.00 bits per heavy atom. The van der Waals surface area contributed by atoms with E-state index in [4.69, 9.17) is 14.6 Å². The van der Waals surface area contributed by atoms with Crippen molar-refractivity contribution in [1.82, 2.24) is 10.6 Å². The predicted octanol–water partition coefficient (Wildman–Crippen LogP) is 2.67. The number of hydrogen-bond acceptors (Lipinski definition) is 5. The molecular formula is C23H28N2O5. The zero-order valence-electron chi connectivity index (χ0n) is 17.5. The molecular weight excluding hydrogens is 384 g/mol. The number of aliphatic hydroxyl groups is 1. The van der Waals surface area contributed by atoms with E-state index in [0.717, 1.165) is 5.56 Å². The third-order valence-corrected chi connectivity index (χ3v) is 4.08. The maximum absolute atomic E-state index is 12.6. The highest BCUT2D eigenvalue weighted by Crippen LogP contribution is 2.29. The number of rotatable bonds is 10. The molecule has 0 radical (unpaired) electrons. The average molecular weight is 412 g/mol. The largest absolute Gasteiger partial charge is 0.490 e. The van der Waals surface area contributed by atoms with E-state index >= 15 is 0 Å². The van der Waals surface area contributed by atoms with Crippen LogP contribution in [0.15, 0.2) is 48.2 Å². The maximum atomic E-state index is 12.6. The van der Waals surface area contributed by atoms with E-state index in [2.05, 4.69) is 10.6 Å². The molecule has 7 heteroatoms. The summed E-state index contributed by atoms with van der Waals surface area (Å²) in [4.78, 5) is 25.2. The van der Waals surface area contributed by atoms with Crippen LogP contribution in [0.25, 0.3) is 6.08 Å². The molecule has 3 N–H and O–H groups in total. The molecule has 0 saturated carbocycles. The number of amides is 2. The van der Waals surface area contributed by atoms with Gasteiger partial charge >= 0.3 is 0 Å². The number of hydrogen-bond donors (Lipinski definition) is 3. The monoisotopic (exact) mass is 412 g/mol. The molecule has 0 atom stereocenters. The number of ether oxygens (including phenoxy) is 2. The molecule has 0 spiro atoms. The second-order valence-electron chi connectivity index (χ2n) is 6.43. The van der Waals surface area contributed by atoms with Crippen molar-refractivity contribution in [2.45, 2.75) is 20.8 Å². The summed E-state index contributed by atoms with van der Waals surface area (Å²) < 4.78 is 11.2. The third-order valence-electron chi connectivity index (χ3n) is 4.08. The second-order valence-corrected chi connectivity index (χ2v) is 6.43. The molecule has 0 aliphatic heterocycles. The van der Waals surface area contributed by atoms with Gasteiger partial charge in [0, 0.05) is 12.1 Å². The standard InChI is InChI=1S/C23H28N2O5/c1-4-29-20-11-8-17(15-21(20)30-5-2)14-19(23(28)24-12-13-26)25-22(27)18-9-6-16(3)7-10-18/h6-11,14-15,26H,4-5,12-13H2,1-3H3,(H,24,28)(H,25,27)/b19-14+. The Hall–Kier alpha value is -3.32. The minimum atomic E-state index is -0.503. The van der Waals surface area contributed by atoms with Gasteiger partial charge in [0.1, 0.15) is 5.70 Å². The van der Waals surface area contributed by atoms with E-state index in [0.29, 0.717) is 35.8 Å². The summed E-state index contributed by atoms with van der Waals surface area (Å²) >= 11 is 0. The first-order valence-corrected chi connectivity index (χ1v) is 9.86. The van der Waals surface area contributed by atoms with Crippen molar-refractivity contribution in [1.29, 1.82) is 0 Å². The van der Waals surface area contributed by atoms with E-state index in [9.17, 15) is 9.59 Å². The van der Waals surface area contributed by atoms with Crippen LogP contribution < -0.4 is 20.1 Å². The molecule has 0 aromatic heterocycles. The van der Waals surface area contributed by atoms with Crippen LogP contribution in [0.1, 0.15) is 35.3 Å². The number of nitrogens with one attached hydrogen (secondary N) is 2. The number of carbonyl (C=O) groups excluding carboxylic acids is 2. The minimum Gasteiger partial charge on any atom is -0.490 e. The van der Waals surface area contributed by atoms with Gasteiger partial charge < -0.3 is 25.2 Å². The zero-order chi connectivity index (χ0) is 21.9. The Bertz CT molecular complexity index is 891. The van der Waals surface area contributed by atoms with Gasteiger partial charge in [-0.25, -0.2) is 0 Å². The quantitative estimate of drug-likeness (QED) is 0.522. The van der Waals surface area contributed by atoms with Gasteiger partial charge in [-0.2, -0.15) is 0 Å². The number of benzene rings is 2. The molecule has 7 nitrogen and oxygen atoms in total. The molecule has 0 unspecified atom stereocenters. The van der Waals surface area contributed by atoms with Gasteiger partial charge in [-0.05, 0) is 56.7 Å². The van der Waals surface area contributed by atoms with Crippen LogP contribution in [0.5, 0.6) is 11.5 Å². The molecule has 0 aliphatic rings. The van der Waals surface area contributed by atoms with Crippen molar-refractivity contribution in [3.05, 3.63) is 64.9 Å². The van der Waals surface area contributed by atoms with Gasteiger partial charge in [-0.1, -0.05) is 23.8 Å². The summed E-state index contributed by atoms with van der Waals surface area (Å²) in [6.45, 7) is 6.50. The van der Waals surface area contributed by atoms with Crippen molar-refractivity contribution in [2.75, 3.05) is 26.4 Å². The van der Waals surface area contributed by atoms with Crippen LogP contribution in [-0.2, 0) is 4.79 Å². The second kappa shape index (κ2) is 11.6. The van der Waals surface area contributed by atoms with E-state index in [1.54, 1.807) is 36.4 Å². The summed E-state index contributed by atoms with van der Waals surface area (Å²) in [5.74, 6) is 0.243. The molecule has 0 heterocycles. The first-order valence-electron chi connectivity index (χ1n) is 9.86. The van der Waals surface area contributed by atoms with Gasteiger partial charge in [0.25, 0.3) is 11.8 Å². The van der Waals surface area contributed by atoms with Crippen LogP contribution in [0.2, 0.25) is 0 Å².